The minimum Gasteiger partial charge on any atom is -0.465 e. The molecule has 0 bridgehead atoms. The maximum atomic E-state index is 11.5. The highest BCUT2D eigenvalue weighted by atomic mass is 16.5. The molecule has 1 heterocycles. The Hall–Kier alpha value is -0.570. The Labute approximate surface area is 92.6 Å². The lowest BCUT2D eigenvalue weighted by Crippen LogP contribution is -2.20. The summed E-state index contributed by atoms with van der Waals surface area (Å²) < 4.78 is 5.23. The quantitative estimate of drug-likeness (QED) is 0.520. The van der Waals surface area contributed by atoms with Crippen molar-refractivity contribution in [3.8, 4) is 0 Å². The molecule has 0 saturated carbocycles. The van der Waals surface area contributed by atoms with E-state index in [1.54, 1.807) is 0 Å². The van der Waals surface area contributed by atoms with E-state index in [4.69, 9.17) is 4.74 Å². The highest BCUT2D eigenvalue weighted by Crippen LogP contribution is 2.10. The van der Waals surface area contributed by atoms with Crippen LogP contribution in [0.2, 0.25) is 0 Å². The van der Waals surface area contributed by atoms with Crippen molar-refractivity contribution < 1.29 is 9.53 Å². The monoisotopic (exact) mass is 213 g/mol. The zero-order chi connectivity index (χ0) is 10.9. The lowest BCUT2D eigenvalue weighted by Gasteiger charge is -2.08. The second kappa shape index (κ2) is 7.69. The number of hydrogen-bond acceptors (Lipinski definition) is 3. The molecule has 15 heavy (non-hydrogen) atoms. The van der Waals surface area contributed by atoms with Gasteiger partial charge in [0.2, 0.25) is 0 Å². The summed E-state index contributed by atoms with van der Waals surface area (Å²) in [6, 6.07) is 0. The molecule has 1 aliphatic heterocycles. The van der Waals surface area contributed by atoms with Crippen molar-refractivity contribution in [1.82, 2.24) is 5.32 Å². The molecule has 1 atom stereocenters. The lowest BCUT2D eigenvalue weighted by molar-refractivity contribution is -0.147. The third-order valence-electron chi connectivity index (χ3n) is 2.89. The fourth-order valence-electron chi connectivity index (χ4n) is 1.85. The van der Waals surface area contributed by atoms with Gasteiger partial charge >= 0.3 is 5.97 Å². The maximum absolute atomic E-state index is 11.5. The molecule has 1 fully saturated rings. The van der Waals surface area contributed by atoms with Gasteiger partial charge in [-0.05, 0) is 19.4 Å². The molecule has 3 heteroatoms. The molecule has 0 aromatic rings. The first-order chi connectivity index (χ1) is 7.34. The first-order valence-electron chi connectivity index (χ1n) is 6.22. The van der Waals surface area contributed by atoms with Gasteiger partial charge in [0, 0.05) is 6.54 Å². The van der Waals surface area contributed by atoms with Gasteiger partial charge in [-0.3, -0.25) is 4.79 Å². The van der Waals surface area contributed by atoms with Gasteiger partial charge in [0.15, 0.2) is 0 Å². The number of carbonyl (C=O) groups excluding carboxylic acids is 1. The van der Waals surface area contributed by atoms with E-state index < -0.39 is 0 Å². The van der Waals surface area contributed by atoms with Gasteiger partial charge in [0.1, 0.15) is 0 Å². The zero-order valence-corrected chi connectivity index (χ0v) is 9.76. The van der Waals surface area contributed by atoms with Crippen LogP contribution in [0.4, 0.5) is 0 Å². The summed E-state index contributed by atoms with van der Waals surface area (Å²) in [5.74, 6) is 0.108. The fourth-order valence-corrected chi connectivity index (χ4v) is 1.85. The smallest absolute Gasteiger partial charge is 0.310 e. The van der Waals surface area contributed by atoms with Gasteiger partial charge < -0.3 is 10.1 Å². The Morgan fingerprint density at radius 2 is 2.13 bits per heavy atom. The second-order valence-electron chi connectivity index (χ2n) is 4.27. The SMILES string of the molecule is CCCCCCCOC(=O)C1CCNC1. The third kappa shape index (κ3) is 5.17. The van der Waals surface area contributed by atoms with Crippen LogP contribution in [0, 0.1) is 5.92 Å². The number of hydrogen-bond donors (Lipinski definition) is 1. The van der Waals surface area contributed by atoms with Crippen molar-refractivity contribution >= 4 is 5.97 Å². The molecule has 0 aromatic heterocycles. The topological polar surface area (TPSA) is 38.3 Å². The molecule has 0 amide bonds. The Balaban J connectivity index is 1.92. The summed E-state index contributed by atoms with van der Waals surface area (Å²) in [7, 11) is 0. The van der Waals surface area contributed by atoms with E-state index in [1.165, 1.54) is 25.7 Å². The highest BCUT2D eigenvalue weighted by Gasteiger charge is 2.23. The van der Waals surface area contributed by atoms with E-state index in [-0.39, 0.29) is 11.9 Å². The predicted octanol–water partition coefficient (Wildman–Crippen LogP) is 2.11. The Morgan fingerprint density at radius 1 is 1.33 bits per heavy atom. The number of rotatable bonds is 7. The summed E-state index contributed by atoms with van der Waals surface area (Å²) in [4.78, 5) is 11.5. The molecule has 0 spiro atoms. The van der Waals surface area contributed by atoms with Crippen LogP contribution in [0.15, 0.2) is 0 Å². The van der Waals surface area contributed by atoms with Crippen LogP contribution in [0.25, 0.3) is 0 Å². The molecule has 3 nitrogen and oxygen atoms in total. The molecule has 0 aromatic carbocycles. The first kappa shape index (κ1) is 12.5. The third-order valence-corrected chi connectivity index (χ3v) is 2.89. The van der Waals surface area contributed by atoms with Crippen LogP contribution >= 0.6 is 0 Å². The van der Waals surface area contributed by atoms with Crippen LogP contribution in [0.5, 0.6) is 0 Å². The molecule has 1 rings (SSSR count). The molecule has 1 saturated heterocycles. The number of ether oxygens (including phenoxy) is 1. The summed E-state index contributed by atoms with van der Waals surface area (Å²) in [5.41, 5.74) is 0. The van der Waals surface area contributed by atoms with Gasteiger partial charge in [-0.25, -0.2) is 0 Å². The highest BCUT2D eigenvalue weighted by molar-refractivity contribution is 5.73. The number of unbranched alkanes of at least 4 members (excludes halogenated alkanes) is 4. The van der Waals surface area contributed by atoms with E-state index in [1.807, 2.05) is 0 Å². The molecule has 0 aliphatic carbocycles. The van der Waals surface area contributed by atoms with Gasteiger partial charge in [0.05, 0.1) is 12.5 Å². The average Bonchev–Trinajstić information content (AvgIpc) is 2.76. The average molecular weight is 213 g/mol. The molecule has 88 valence electrons. The van der Waals surface area contributed by atoms with Crippen LogP contribution in [-0.2, 0) is 9.53 Å². The van der Waals surface area contributed by atoms with Crippen LogP contribution < -0.4 is 5.32 Å². The summed E-state index contributed by atoms with van der Waals surface area (Å²) >= 11 is 0. The Morgan fingerprint density at radius 3 is 2.80 bits per heavy atom. The molecule has 1 aliphatic rings. The van der Waals surface area contributed by atoms with E-state index in [2.05, 4.69) is 12.2 Å². The maximum Gasteiger partial charge on any atom is 0.310 e. The summed E-state index contributed by atoms with van der Waals surface area (Å²) in [6.07, 6.45) is 6.96. The minimum absolute atomic E-state index is 0.00417. The van der Waals surface area contributed by atoms with Crippen molar-refractivity contribution in [1.29, 1.82) is 0 Å². The summed E-state index contributed by atoms with van der Waals surface area (Å²) in [5, 5.41) is 3.17. The Bertz CT molecular complexity index is 176. The van der Waals surface area contributed by atoms with Crippen molar-refractivity contribution in [2.45, 2.75) is 45.4 Å². The van der Waals surface area contributed by atoms with E-state index >= 15 is 0 Å². The Kier molecular flexibility index (Phi) is 6.41. The fraction of sp³-hybridized carbons (Fsp3) is 0.917. The first-order valence-corrected chi connectivity index (χ1v) is 6.22. The number of carbonyl (C=O) groups is 1. The standard InChI is InChI=1S/C12H23NO2/c1-2-3-4-5-6-9-15-12(14)11-7-8-13-10-11/h11,13H,2-10H2,1H3. The molecule has 0 radical (unpaired) electrons. The van der Waals surface area contributed by atoms with E-state index in [0.717, 1.165) is 25.9 Å². The van der Waals surface area contributed by atoms with E-state index in [9.17, 15) is 4.79 Å². The van der Waals surface area contributed by atoms with Crippen molar-refractivity contribution in [3.05, 3.63) is 0 Å². The van der Waals surface area contributed by atoms with Gasteiger partial charge in [-0.2, -0.15) is 0 Å². The van der Waals surface area contributed by atoms with Gasteiger partial charge in [0.25, 0.3) is 0 Å². The molecular weight excluding hydrogens is 190 g/mol. The van der Waals surface area contributed by atoms with Crippen LogP contribution in [-0.4, -0.2) is 25.7 Å². The predicted molar refractivity (Wildman–Crippen MR) is 60.7 cm³/mol. The van der Waals surface area contributed by atoms with Gasteiger partial charge in [-0.15, -0.1) is 0 Å². The molecule has 1 N–H and O–H groups in total. The normalized spacial score (nSPS) is 20.5. The van der Waals surface area contributed by atoms with Crippen LogP contribution in [0.3, 0.4) is 0 Å². The van der Waals surface area contributed by atoms with Crippen molar-refractivity contribution in [2.75, 3.05) is 19.7 Å². The van der Waals surface area contributed by atoms with Gasteiger partial charge in [-0.1, -0.05) is 32.6 Å². The summed E-state index contributed by atoms with van der Waals surface area (Å²) in [6.45, 7) is 4.57. The largest absolute Gasteiger partial charge is 0.465 e. The second-order valence-corrected chi connectivity index (χ2v) is 4.27. The molecular formula is C12H23NO2. The van der Waals surface area contributed by atoms with Crippen molar-refractivity contribution in [2.24, 2.45) is 5.92 Å². The zero-order valence-electron chi connectivity index (χ0n) is 9.76. The lowest BCUT2D eigenvalue weighted by atomic mass is 10.1. The van der Waals surface area contributed by atoms with Crippen LogP contribution in [0.1, 0.15) is 45.4 Å². The minimum atomic E-state index is -0.00417. The van der Waals surface area contributed by atoms with Crippen molar-refractivity contribution in [3.63, 3.8) is 0 Å². The number of esters is 1. The van der Waals surface area contributed by atoms with E-state index in [0.29, 0.717) is 6.61 Å². The number of nitrogens with one attached hydrogen (secondary N) is 1. The molecule has 1 unspecified atom stereocenters.